The highest BCUT2D eigenvalue weighted by atomic mass is 16.3. The minimum atomic E-state index is -0.361. The second-order valence-electron chi connectivity index (χ2n) is 4.81. The van der Waals surface area contributed by atoms with Crippen LogP contribution in [0.1, 0.15) is 20.8 Å². The molecule has 1 aliphatic heterocycles. The van der Waals surface area contributed by atoms with Crippen LogP contribution in [0.3, 0.4) is 0 Å². The lowest BCUT2D eigenvalue weighted by Gasteiger charge is -2.32. The van der Waals surface area contributed by atoms with Crippen LogP contribution in [0.25, 0.3) is 0 Å². The molecule has 1 heterocycles. The van der Waals surface area contributed by atoms with E-state index in [0.717, 1.165) is 13.1 Å². The Morgan fingerprint density at radius 2 is 2.07 bits per heavy atom. The van der Waals surface area contributed by atoms with Crippen molar-refractivity contribution in [3.63, 3.8) is 0 Å². The molecule has 1 N–H and O–H groups in total. The zero-order chi connectivity index (χ0) is 11.6. The SMILES string of the molecule is CC1CN(C)C(=O)C(CO)N(C(C)C)C1. The lowest BCUT2D eigenvalue weighted by atomic mass is 10.1. The standard InChI is InChI=1S/C11H22N2O2/c1-8(2)13-6-9(3)5-12(4)11(15)10(13)7-14/h8-10,14H,5-7H2,1-4H3. The van der Waals surface area contributed by atoms with Crippen molar-refractivity contribution in [2.45, 2.75) is 32.9 Å². The van der Waals surface area contributed by atoms with Crippen molar-refractivity contribution in [3.8, 4) is 0 Å². The molecule has 1 amide bonds. The Bertz CT molecular complexity index is 231. The van der Waals surface area contributed by atoms with Crippen molar-refractivity contribution >= 4 is 5.91 Å². The van der Waals surface area contributed by atoms with Gasteiger partial charge in [-0.3, -0.25) is 9.69 Å². The van der Waals surface area contributed by atoms with E-state index in [1.807, 2.05) is 7.05 Å². The molecule has 0 saturated carbocycles. The molecule has 0 radical (unpaired) electrons. The molecule has 4 heteroatoms. The van der Waals surface area contributed by atoms with E-state index in [0.29, 0.717) is 12.0 Å². The summed E-state index contributed by atoms with van der Waals surface area (Å²) in [5.74, 6) is 0.494. The first-order chi connectivity index (χ1) is 6.97. The monoisotopic (exact) mass is 214 g/mol. The van der Waals surface area contributed by atoms with Crippen molar-refractivity contribution in [2.24, 2.45) is 5.92 Å². The molecular weight excluding hydrogens is 192 g/mol. The van der Waals surface area contributed by atoms with Gasteiger partial charge in [-0.15, -0.1) is 0 Å². The number of hydrogen-bond acceptors (Lipinski definition) is 3. The molecule has 0 spiro atoms. The van der Waals surface area contributed by atoms with Crippen LogP contribution in [-0.4, -0.2) is 59.6 Å². The molecular formula is C11H22N2O2. The van der Waals surface area contributed by atoms with E-state index in [4.69, 9.17) is 0 Å². The van der Waals surface area contributed by atoms with Gasteiger partial charge in [-0.25, -0.2) is 0 Å². The van der Waals surface area contributed by atoms with Crippen LogP contribution >= 0.6 is 0 Å². The summed E-state index contributed by atoms with van der Waals surface area (Å²) in [6.45, 7) is 7.83. The number of likely N-dealkylation sites (N-methyl/N-ethyl adjacent to an activating group) is 1. The van der Waals surface area contributed by atoms with Gasteiger partial charge in [0, 0.05) is 26.2 Å². The van der Waals surface area contributed by atoms with E-state index in [9.17, 15) is 9.90 Å². The smallest absolute Gasteiger partial charge is 0.242 e. The van der Waals surface area contributed by atoms with Gasteiger partial charge in [0.25, 0.3) is 0 Å². The van der Waals surface area contributed by atoms with E-state index in [1.54, 1.807) is 4.90 Å². The molecule has 0 aliphatic carbocycles. The van der Waals surface area contributed by atoms with Crippen LogP contribution < -0.4 is 0 Å². The molecule has 4 nitrogen and oxygen atoms in total. The fraction of sp³-hybridized carbons (Fsp3) is 0.909. The molecule has 15 heavy (non-hydrogen) atoms. The second kappa shape index (κ2) is 4.94. The van der Waals surface area contributed by atoms with E-state index in [-0.39, 0.29) is 18.6 Å². The predicted molar refractivity (Wildman–Crippen MR) is 59.5 cm³/mol. The fourth-order valence-electron chi connectivity index (χ4n) is 2.25. The normalized spacial score (nSPS) is 29.7. The van der Waals surface area contributed by atoms with Gasteiger partial charge in [0.15, 0.2) is 0 Å². The molecule has 1 rings (SSSR count). The number of hydrogen-bond donors (Lipinski definition) is 1. The van der Waals surface area contributed by atoms with Gasteiger partial charge in [0.2, 0.25) is 5.91 Å². The number of amides is 1. The van der Waals surface area contributed by atoms with E-state index < -0.39 is 0 Å². The number of carbonyl (C=O) groups excluding carboxylic acids is 1. The fourth-order valence-corrected chi connectivity index (χ4v) is 2.25. The quantitative estimate of drug-likeness (QED) is 0.712. The second-order valence-corrected chi connectivity index (χ2v) is 4.81. The third kappa shape index (κ3) is 2.69. The third-order valence-electron chi connectivity index (χ3n) is 3.01. The lowest BCUT2D eigenvalue weighted by molar-refractivity contribution is -0.136. The summed E-state index contributed by atoms with van der Waals surface area (Å²) >= 11 is 0. The Kier molecular flexibility index (Phi) is 4.11. The first kappa shape index (κ1) is 12.5. The molecule has 0 aromatic heterocycles. The zero-order valence-electron chi connectivity index (χ0n) is 10.1. The van der Waals surface area contributed by atoms with Crippen LogP contribution in [0, 0.1) is 5.92 Å². The zero-order valence-corrected chi connectivity index (χ0v) is 10.1. The molecule has 0 bridgehead atoms. The minimum absolute atomic E-state index is 0.0375. The summed E-state index contributed by atoms with van der Waals surface area (Å²) in [7, 11) is 1.81. The molecule has 88 valence electrons. The maximum absolute atomic E-state index is 12.0. The average Bonchev–Trinajstić information content (AvgIpc) is 2.25. The summed E-state index contributed by atoms with van der Waals surface area (Å²) in [5, 5.41) is 9.32. The number of carbonyl (C=O) groups is 1. The van der Waals surface area contributed by atoms with Crippen LogP contribution in [-0.2, 0) is 4.79 Å². The van der Waals surface area contributed by atoms with Crippen molar-refractivity contribution in [3.05, 3.63) is 0 Å². The van der Waals surface area contributed by atoms with Gasteiger partial charge >= 0.3 is 0 Å². The van der Waals surface area contributed by atoms with Gasteiger partial charge in [-0.2, -0.15) is 0 Å². The van der Waals surface area contributed by atoms with Crippen molar-refractivity contribution in [2.75, 3.05) is 26.7 Å². The Labute approximate surface area is 91.9 Å². The van der Waals surface area contributed by atoms with Crippen LogP contribution in [0.15, 0.2) is 0 Å². The highest BCUT2D eigenvalue weighted by Crippen LogP contribution is 2.16. The molecule has 0 aromatic carbocycles. The van der Waals surface area contributed by atoms with Gasteiger partial charge in [0.1, 0.15) is 6.04 Å². The summed E-state index contributed by atoms with van der Waals surface area (Å²) in [4.78, 5) is 15.8. The maximum atomic E-state index is 12.0. The largest absolute Gasteiger partial charge is 0.394 e. The number of aliphatic hydroxyl groups is 1. The van der Waals surface area contributed by atoms with Crippen molar-refractivity contribution in [1.29, 1.82) is 0 Å². The minimum Gasteiger partial charge on any atom is -0.394 e. The number of aliphatic hydroxyl groups excluding tert-OH is 1. The predicted octanol–water partition coefficient (Wildman–Crippen LogP) is 0.166. The topological polar surface area (TPSA) is 43.8 Å². The molecule has 1 aliphatic rings. The van der Waals surface area contributed by atoms with Crippen LogP contribution in [0.4, 0.5) is 0 Å². The molecule has 0 aromatic rings. The van der Waals surface area contributed by atoms with Crippen molar-refractivity contribution in [1.82, 2.24) is 9.80 Å². The Hall–Kier alpha value is -0.610. The van der Waals surface area contributed by atoms with Crippen LogP contribution in [0.2, 0.25) is 0 Å². The summed E-state index contributed by atoms with van der Waals surface area (Å²) in [6.07, 6.45) is 0. The Balaban J connectivity index is 2.89. The van der Waals surface area contributed by atoms with E-state index in [1.165, 1.54) is 0 Å². The third-order valence-corrected chi connectivity index (χ3v) is 3.01. The van der Waals surface area contributed by atoms with Crippen molar-refractivity contribution < 1.29 is 9.90 Å². The van der Waals surface area contributed by atoms with Crippen LogP contribution in [0.5, 0.6) is 0 Å². The molecule has 1 saturated heterocycles. The van der Waals surface area contributed by atoms with Gasteiger partial charge in [-0.05, 0) is 19.8 Å². The summed E-state index contributed by atoms with van der Waals surface area (Å²) in [5.41, 5.74) is 0. The number of rotatable bonds is 2. The first-order valence-corrected chi connectivity index (χ1v) is 5.59. The molecule has 2 unspecified atom stereocenters. The Morgan fingerprint density at radius 1 is 1.47 bits per heavy atom. The summed E-state index contributed by atoms with van der Waals surface area (Å²) in [6, 6.07) is -0.0694. The maximum Gasteiger partial charge on any atom is 0.242 e. The van der Waals surface area contributed by atoms with E-state index in [2.05, 4.69) is 25.7 Å². The highest BCUT2D eigenvalue weighted by molar-refractivity contribution is 5.82. The highest BCUT2D eigenvalue weighted by Gasteiger charge is 2.34. The average molecular weight is 214 g/mol. The molecule has 2 atom stereocenters. The van der Waals surface area contributed by atoms with Gasteiger partial charge in [0.05, 0.1) is 6.61 Å². The van der Waals surface area contributed by atoms with Gasteiger partial charge in [-0.1, -0.05) is 6.92 Å². The summed E-state index contributed by atoms with van der Waals surface area (Å²) < 4.78 is 0. The lowest BCUT2D eigenvalue weighted by Crippen LogP contribution is -2.49. The Morgan fingerprint density at radius 3 is 2.53 bits per heavy atom. The first-order valence-electron chi connectivity index (χ1n) is 5.59. The van der Waals surface area contributed by atoms with E-state index >= 15 is 0 Å². The van der Waals surface area contributed by atoms with Gasteiger partial charge < -0.3 is 10.0 Å². The number of nitrogens with zero attached hydrogens (tertiary/aromatic N) is 2. The molecule has 1 fully saturated rings.